The van der Waals surface area contributed by atoms with Crippen molar-refractivity contribution in [2.45, 2.75) is 44.5 Å². The normalized spacial score (nSPS) is 14.0. The van der Waals surface area contributed by atoms with E-state index in [0.717, 1.165) is 37.3 Å². The molecule has 1 aliphatic carbocycles. The van der Waals surface area contributed by atoms with Crippen molar-refractivity contribution in [1.82, 2.24) is 10.3 Å². The number of aliphatic carboxylic acids is 1. The molecule has 0 saturated carbocycles. The maximum absolute atomic E-state index is 14.0. The number of carbonyl (C=O) groups is 3. The van der Waals surface area contributed by atoms with Gasteiger partial charge in [-0.3, -0.25) is 15.0 Å². The lowest BCUT2D eigenvalue weighted by molar-refractivity contribution is -0.146. The number of carboxylic acid groups (broad SMARTS) is 1. The number of aromatic nitrogens is 1. The molecule has 46 heavy (non-hydrogen) atoms. The zero-order valence-corrected chi connectivity index (χ0v) is 24.9. The Hall–Kier alpha value is -4.82. The van der Waals surface area contributed by atoms with Crippen LogP contribution in [0.2, 0.25) is 0 Å². The van der Waals surface area contributed by atoms with Gasteiger partial charge in [-0.1, -0.05) is 41.7 Å². The smallest absolute Gasteiger partial charge is 0.417 e. The number of rotatable bonds is 9. The van der Waals surface area contributed by atoms with Crippen molar-refractivity contribution < 1.29 is 42.2 Å². The van der Waals surface area contributed by atoms with Gasteiger partial charge in [0.2, 0.25) is 0 Å². The molecule has 4 aromatic rings. The maximum atomic E-state index is 14.0. The first-order valence-corrected chi connectivity index (χ1v) is 15.0. The number of urea groups is 1. The van der Waals surface area contributed by atoms with Crippen molar-refractivity contribution in [3.8, 4) is 0 Å². The molecule has 4 N–H and O–H groups in total. The molecular weight excluding hydrogens is 628 g/mol. The van der Waals surface area contributed by atoms with E-state index in [9.17, 15) is 37.1 Å². The SMILES string of the molecule is O=C(NC[C@@H](O)C(=O)O)c1ccc(CN(C(=O)Nc2nc3cc(F)cc(C(F)(F)F)c3s2)c2ccc(C3=CCCCC3)cc2)cc1. The summed E-state index contributed by atoms with van der Waals surface area (Å²) >= 11 is 0.579. The number of amides is 3. The second-order valence-electron chi connectivity index (χ2n) is 10.6. The highest BCUT2D eigenvalue weighted by atomic mass is 32.1. The number of benzene rings is 3. The first-order chi connectivity index (χ1) is 21.9. The molecule has 1 aliphatic rings. The fraction of sp³-hybridized carbons (Fsp3) is 0.250. The average Bonchev–Trinajstić information content (AvgIpc) is 3.43. The van der Waals surface area contributed by atoms with Crippen molar-refractivity contribution in [1.29, 1.82) is 0 Å². The van der Waals surface area contributed by atoms with Crippen LogP contribution in [-0.2, 0) is 17.5 Å². The van der Waals surface area contributed by atoms with Crippen molar-refractivity contribution >= 4 is 55.9 Å². The van der Waals surface area contributed by atoms with Gasteiger partial charge in [0.15, 0.2) is 11.2 Å². The monoisotopic (exact) mass is 656 g/mol. The summed E-state index contributed by atoms with van der Waals surface area (Å²) in [6.07, 6.45) is -0.255. The van der Waals surface area contributed by atoms with E-state index in [1.165, 1.54) is 22.6 Å². The minimum atomic E-state index is -4.82. The number of aliphatic hydroxyl groups is 1. The number of nitrogens with one attached hydrogen (secondary N) is 2. The lowest BCUT2D eigenvalue weighted by atomic mass is 9.93. The third-order valence-electron chi connectivity index (χ3n) is 7.36. The van der Waals surface area contributed by atoms with E-state index in [2.05, 4.69) is 21.7 Å². The van der Waals surface area contributed by atoms with Crippen LogP contribution in [0.4, 0.5) is 33.2 Å². The van der Waals surface area contributed by atoms with E-state index in [1.54, 1.807) is 24.3 Å². The summed E-state index contributed by atoms with van der Waals surface area (Å²) in [7, 11) is 0. The first-order valence-electron chi connectivity index (χ1n) is 14.2. The van der Waals surface area contributed by atoms with Gasteiger partial charge in [-0.25, -0.2) is 19.0 Å². The molecule has 3 amide bonds. The van der Waals surface area contributed by atoms with Crippen molar-refractivity contribution in [2.75, 3.05) is 16.8 Å². The fourth-order valence-corrected chi connectivity index (χ4v) is 5.95. The van der Waals surface area contributed by atoms with Gasteiger partial charge in [-0.2, -0.15) is 13.2 Å². The Kier molecular flexibility index (Phi) is 9.68. The molecule has 14 heteroatoms. The van der Waals surface area contributed by atoms with Gasteiger partial charge in [0, 0.05) is 17.3 Å². The van der Waals surface area contributed by atoms with Gasteiger partial charge in [0.05, 0.1) is 28.9 Å². The van der Waals surface area contributed by atoms with Crippen LogP contribution in [0.1, 0.15) is 52.7 Å². The van der Waals surface area contributed by atoms with Gasteiger partial charge in [0.1, 0.15) is 5.82 Å². The molecule has 0 bridgehead atoms. The third kappa shape index (κ3) is 7.69. The molecule has 1 atom stereocenters. The molecule has 0 saturated heterocycles. The quantitative estimate of drug-likeness (QED) is 0.146. The number of anilines is 2. The van der Waals surface area contributed by atoms with Gasteiger partial charge in [-0.15, -0.1) is 0 Å². The molecule has 0 aliphatic heterocycles. The lowest BCUT2D eigenvalue weighted by Gasteiger charge is -2.24. The molecular formula is C32H28F4N4O5S. The summed E-state index contributed by atoms with van der Waals surface area (Å²) in [4.78, 5) is 42.2. The number of carboxylic acids is 1. The molecule has 1 aromatic heterocycles. The van der Waals surface area contributed by atoms with Gasteiger partial charge < -0.3 is 15.5 Å². The van der Waals surface area contributed by atoms with Gasteiger partial charge in [-0.05, 0) is 72.7 Å². The fourth-order valence-electron chi connectivity index (χ4n) is 4.98. The van der Waals surface area contributed by atoms with Crippen LogP contribution in [0.15, 0.2) is 66.7 Å². The number of nitrogens with zero attached hydrogens (tertiary/aromatic N) is 2. The molecule has 0 spiro atoms. The second-order valence-corrected chi connectivity index (χ2v) is 11.6. The number of halogens is 4. The Bertz CT molecular complexity index is 1790. The van der Waals surface area contributed by atoms with E-state index in [1.807, 2.05) is 12.1 Å². The largest absolute Gasteiger partial charge is 0.479 e. The number of hydrogen-bond donors (Lipinski definition) is 4. The minimum absolute atomic E-state index is 0.0131. The molecule has 3 aromatic carbocycles. The summed E-state index contributed by atoms with van der Waals surface area (Å²) in [5, 5.41) is 22.9. The third-order valence-corrected chi connectivity index (χ3v) is 8.38. The zero-order valence-electron chi connectivity index (χ0n) is 24.1. The van der Waals surface area contributed by atoms with Crippen LogP contribution in [0, 0.1) is 5.82 Å². The number of aliphatic hydroxyl groups excluding tert-OH is 1. The molecule has 0 radical (unpaired) electrons. The maximum Gasteiger partial charge on any atom is 0.417 e. The predicted octanol–water partition coefficient (Wildman–Crippen LogP) is 6.83. The van der Waals surface area contributed by atoms with E-state index >= 15 is 0 Å². The molecule has 0 unspecified atom stereocenters. The molecule has 240 valence electrons. The number of fused-ring (bicyclic) bond motifs is 1. The highest BCUT2D eigenvalue weighted by molar-refractivity contribution is 7.22. The standard InChI is InChI=1S/C32H28F4N4O5S/c33-22-14-24(32(34,35)36)27-25(15-22)38-30(46-27)39-31(45)40(23-12-10-20(11-13-23)19-4-2-1-3-5-19)17-18-6-8-21(9-7-18)28(42)37-16-26(41)29(43)44/h4,6-15,26,41H,1-3,5,16-17H2,(H,37,42)(H,43,44)(H,38,39,45)/t26-/m1/s1. The summed E-state index contributed by atoms with van der Waals surface area (Å²) in [6, 6.07) is 13.9. The number of hydrogen-bond acceptors (Lipinski definition) is 6. The van der Waals surface area contributed by atoms with Gasteiger partial charge in [0.25, 0.3) is 5.91 Å². The van der Waals surface area contributed by atoms with Crippen LogP contribution in [0.5, 0.6) is 0 Å². The molecule has 0 fully saturated rings. The van der Waals surface area contributed by atoms with Crippen LogP contribution in [0.25, 0.3) is 15.8 Å². The van der Waals surface area contributed by atoms with Crippen molar-refractivity contribution in [3.63, 3.8) is 0 Å². The minimum Gasteiger partial charge on any atom is -0.479 e. The van der Waals surface area contributed by atoms with E-state index in [4.69, 9.17) is 5.11 Å². The number of allylic oxidation sites excluding steroid dienone is 2. The molecule has 5 rings (SSSR count). The number of carbonyl (C=O) groups excluding carboxylic acids is 2. The topological polar surface area (TPSA) is 132 Å². The zero-order chi connectivity index (χ0) is 33.0. The van der Waals surface area contributed by atoms with Crippen LogP contribution in [-0.4, -0.2) is 45.8 Å². The first kappa shape index (κ1) is 32.6. The Balaban J connectivity index is 1.40. The highest BCUT2D eigenvalue weighted by Gasteiger charge is 2.35. The van der Waals surface area contributed by atoms with Crippen molar-refractivity contribution in [3.05, 3.63) is 94.8 Å². The summed E-state index contributed by atoms with van der Waals surface area (Å²) in [6.45, 7) is -0.500. The van der Waals surface area contributed by atoms with Gasteiger partial charge >= 0.3 is 18.2 Å². The van der Waals surface area contributed by atoms with Crippen LogP contribution in [0.3, 0.4) is 0 Å². The summed E-state index contributed by atoms with van der Waals surface area (Å²) in [5.74, 6) is -3.19. The summed E-state index contributed by atoms with van der Waals surface area (Å²) < 4.78 is 54.3. The second kappa shape index (κ2) is 13.7. The lowest BCUT2D eigenvalue weighted by Crippen LogP contribution is -2.36. The Morgan fingerprint density at radius 1 is 1.02 bits per heavy atom. The Morgan fingerprint density at radius 2 is 1.74 bits per heavy atom. The Labute approximate surface area is 264 Å². The highest BCUT2D eigenvalue weighted by Crippen LogP contribution is 2.39. The number of alkyl halides is 3. The molecule has 9 nitrogen and oxygen atoms in total. The molecule has 1 heterocycles. The van der Waals surface area contributed by atoms with E-state index in [-0.39, 0.29) is 27.5 Å². The van der Waals surface area contributed by atoms with E-state index < -0.39 is 48.1 Å². The average molecular weight is 657 g/mol. The van der Waals surface area contributed by atoms with Crippen molar-refractivity contribution in [2.24, 2.45) is 0 Å². The Morgan fingerprint density at radius 3 is 2.37 bits per heavy atom. The van der Waals surface area contributed by atoms with Crippen LogP contribution < -0.4 is 15.5 Å². The van der Waals surface area contributed by atoms with Crippen LogP contribution >= 0.6 is 11.3 Å². The summed E-state index contributed by atoms with van der Waals surface area (Å²) in [5.41, 5.74) is 2.04. The number of thiazole rings is 1. The van der Waals surface area contributed by atoms with E-state index in [0.29, 0.717) is 28.7 Å². The predicted molar refractivity (Wildman–Crippen MR) is 165 cm³/mol.